The fourth-order valence-electron chi connectivity index (χ4n) is 0. The first-order chi connectivity index (χ1) is 0. The quantitative estimate of drug-likeness (QED) is 0.315. The van der Waals surface area contributed by atoms with E-state index >= 15 is 0 Å². The van der Waals surface area contributed by atoms with Gasteiger partial charge in [0.05, 0.1) is 0 Å². The second kappa shape index (κ2) is 2350. The molecule has 0 aliphatic heterocycles. The molecule has 0 saturated carbocycles. The van der Waals surface area contributed by atoms with Gasteiger partial charge in [-0.1, -0.05) is 0 Å². The van der Waals surface area contributed by atoms with Gasteiger partial charge in [-0.05, 0) is 0 Å². The van der Waals surface area contributed by atoms with Crippen LogP contribution in [0, 0.1) is 0 Å². The molecule has 0 aromatic heterocycles. The SMILES string of the molecule is F.F.F.F.F.F.F.F.F.F.F.F.F.F.F.F.F.F.F.F.[CaH2].[CaH2].[CaH2]. The summed E-state index contributed by atoms with van der Waals surface area (Å²) in [4.78, 5) is 0. The normalized spacial score (nSPS) is 0. The number of rotatable bonds is 0. The van der Waals surface area contributed by atoms with Crippen LogP contribution >= 0.6 is 0 Å². The van der Waals surface area contributed by atoms with Crippen LogP contribution in [0.25, 0.3) is 0 Å². The minimum absolute atomic E-state index is 0. The van der Waals surface area contributed by atoms with E-state index in [-0.39, 0.29) is 207 Å². The van der Waals surface area contributed by atoms with E-state index in [1.807, 2.05) is 0 Å². The predicted molar refractivity (Wildman–Crippen MR) is 75.7 cm³/mol. The molecule has 0 amide bonds. The Morgan fingerprint density at radius 1 is 0.0870 bits per heavy atom. The Bertz CT molecular complexity index is 12.8. The van der Waals surface area contributed by atoms with Gasteiger partial charge in [-0.25, -0.2) is 0 Å². The van der Waals surface area contributed by atoms with Crippen LogP contribution in [-0.4, -0.2) is 113 Å². The molecular formula is H26Ca3F20. The molecule has 0 atom stereocenters. The first kappa shape index (κ1) is 2660. The fraction of sp³-hybridized carbons (Fsp3) is 0. The van der Waals surface area contributed by atoms with Crippen LogP contribution in [0.1, 0.15) is 0 Å². The van der Waals surface area contributed by atoms with E-state index in [2.05, 4.69) is 0 Å². The van der Waals surface area contributed by atoms with E-state index in [0.29, 0.717) is 0 Å². The third-order valence-electron chi connectivity index (χ3n) is 0. The summed E-state index contributed by atoms with van der Waals surface area (Å²) in [7, 11) is 0. The van der Waals surface area contributed by atoms with Crippen LogP contribution in [0.3, 0.4) is 0 Å². The topological polar surface area (TPSA) is 0 Å². The van der Waals surface area contributed by atoms with Crippen LogP contribution in [0.4, 0.5) is 94.1 Å². The predicted octanol–water partition coefficient (Wildman–Crippen LogP) is 0.301. The Balaban J connectivity index is 0. The summed E-state index contributed by atoms with van der Waals surface area (Å²) < 4.78 is 0. The molecule has 0 rings (SSSR count). The molecule has 0 aliphatic carbocycles. The van der Waals surface area contributed by atoms with Gasteiger partial charge in [0.25, 0.3) is 0 Å². The van der Waals surface area contributed by atoms with Gasteiger partial charge in [-0.15, -0.1) is 0 Å². The van der Waals surface area contributed by atoms with Crippen molar-refractivity contribution in [2.24, 2.45) is 0 Å². The van der Waals surface area contributed by atoms with Crippen LogP contribution in [0.15, 0.2) is 0 Å². The molecule has 0 spiro atoms. The zero-order chi connectivity index (χ0) is 0. The second-order valence-electron chi connectivity index (χ2n) is 0. The zero-order valence-corrected chi connectivity index (χ0v) is 8.16. The number of hydrogen-bond acceptors (Lipinski definition) is 0. The second-order valence-corrected chi connectivity index (χ2v) is 0. The first-order valence-electron chi connectivity index (χ1n) is 0. The Morgan fingerprint density at radius 3 is 0.0870 bits per heavy atom. The summed E-state index contributed by atoms with van der Waals surface area (Å²) in [5, 5.41) is 0. The molecule has 0 unspecified atom stereocenters. The molecule has 0 bridgehead atoms. The van der Waals surface area contributed by atoms with Gasteiger partial charge < -0.3 is 0 Å². The van der Waals surface area contributed by atoms with E-state index in [4.69, 9.17) is 0 Å². The van der Waals surface area contributed by atoms with Crippen LogP contribution < -0.4 is 0 Å². The van der Waals surface area contributed by atoms with Crippen molar-refractivity contribution in [3.8, 4) is 0 Å². The molecule has 23 heteroatoms. The summed E-state index contributed by atoms with van der Waals surface area (Å²) in [6.07, 6.45) is 0. The van der Waals surface area contributed by atoms with E-state index in [1.54, 1.807) is 0 Å². The molecule has 0 aromatic rings. The molecule has 0 nitrogen and oxygen atoms in total. The average molecular weight is 526 g/mol. The van der Waals surface area contributed by atoms with E-state index < -0.39 is 0 Å². The van der Waals surface area contributed by atoms with Crippen molar-refractivity contribution < 1.29 is 94.1 Å². The molecule has 0 N–H and O–H groups in total. The summed E-state index contributed by atoms with van der Waals surface area (Å²) in [5.74, 6) is 0. The van der Waals surface area contributed by atoms with Crippen molar-refractivity contribution in [2.45, 2.75) is 0 Å². The molecule has 172 valence electrons. The van der Waals surface area contributed by atoms with Gasteiger partial charge in [-0.3, -0.25) is 94.1 Å². The molecule has 23 heavy (non-hydrogen) atoms. The van der Waals surface area contributed by atoms with Crippen LogP contribution in [0.5, 0.6) is 0 Å². The van der Waals surface area contributed by atoms with Gasteiger partial charge in [0.2, 0.25) is 0 Å². The van der Waals surface area contributed by atoms with E-state index in [1.165, 1.54) is 0 Å². The Labute approximate surface area is 204 Å². The van der Waals surface area contributed by atoms with E-state index in [0.717, 1.165) is 0 Å². The third-order valence-corrected chi connectivity index (χ3v) is 0. The fourth-order valence-corrected chi connectivity index (χ4v) is 0. The maximum absolute atomic E-state index is 0. The Morgan fingerprint density at radius 2 is 0.0870 bits per heavy atom. The molecule has 0 aromatic carbocycles. The van der Waals surface area contributed by atoms with Crippen molar-refractivity contribution in [2.75, 3.05) is 0 Å². The van der Waals surface area contributed by atoms with Gasteiger partial charge in [0.15, 0.2) is 0 Å². The Kier molecular flexibility index (Phi) is 273000. The summed E-state index contributed by atoms with van der Waals surface area (Å²) in [6.45, 7) is 0. The Hall–Kier alpha value is 2.38. The average Bonchev–Trinajstić information content (AvgIpc) is 0. The van der Waals surface area contributed by atoms with Crippen molar-refractivity contribution in [1.82, 2.24) is 0 Å². The van der Waals surface area contributed by atoms with Crippen LogP contribution in [-0.2, 0) is 0 Å². The number of halogens is 20. The summed E-state index contributed by atoms with van der Waals surface area (Å²) in [6, 6.07) is 0. The molecule has 0 heterocycles. The molecular weight excluding hydrogens is 500 g/mol. The monoisotopic (exact) mass is 526 g/mol. The van der Waals surface area contributed by atoms with Gasteiger partial charge in [-0.2, -0.15) is 0 Å². The molecule has 0 fully saturated rings. The number of hydrogen-bond donors (Lipinski definition) is 0. The van der Waals surface area contributed by atoms with Crippen molar-refractivity contribution in [1.29, 1.82) is 0 Å². The first-order valence-corrected chi connectivity index (χ1v) is 0. The molecule has 0 radical (unpaired) electrons. The van der Waals surface area contributed by atoms with Crippen molar-refractivity contribution in [3.05, 3.63) is 0 Å². The summed E-state index contributed by atoms with van der Waals surface area (Å²) >= 11 is 0. The zero-order valence-electron chi connectivity index (χ0n) is 8.16. The van der Waals surface area contributed by atoms with Gasteiger partial charge >= 0.3 is 113 Å². The van der Waals surface area contributed by atoms with Crippen molar-refractivity contribution in [3.63, 3.8) is 0 Å². The van der Waals surface area contributed by atoms with Crippen molar-refractivity contribution >= 4 is 113 Å². The van der Waals surface area contributed by atoms with Crippen LogP contribution in [0.2, 0.25) is 0 Å². The van der Waals surface area contributed by atoms with Gasteiger partial charge in [0.1, 0.15) is 0 Å². The summed E-state index contributed by atoms with van der Waals surface area (Å²) in [5.41, 5.74) is 0. The molecule has 0 aliphatic rings. The third kappa shape index (κ3) is 2160. The maximum atomic E-state index is 0. The standard InChI is InChI=1S/3Ca.20FH.6H/h;;;20*1H;;;;;;. The molecule has 0 saturated heterocycles. The van der Waals surface area contributed by atoms with E-state index in [9.17, 15) is 0 Å². The minimum atomic E-state index is 0. The van der Waals surface area contributed by atoms with Gasteiger partial charge in [0, 0.05) is 0 Å².